The predicted molar refractivity (Wildman–Crippen MR) is 110 cm³/mol. The van der Waals surface area contributed by atoms with Crippen molar-refractivity contribution in [2.24, 2.45) is 0 Å². The maximum absolute atomic E-state index is 10.5. The molecule has 1 aliphatic rings. The molecule has 0 spiro atoms. The minimum absolute atomic E-state index is 0.173. The van der Waals surface area contributed by atoms with Gasteiger partial charge in [-0.2, -0.15) is 0 Å². The molecule has 6 nitrogen and oxygen atoms in total. The van der Waals surface area contributed by atoms with Crippen molar-refractivity contribution >= 4 is 0 Å². The van der Waals surface area contributed by atoms with Gasteiger partial charge in [-0.15, -0.1) is 0 Å². The second-order valence-electron chi connectivity index (χ2n) is 8.46. The molecule has 1 rings (SSSR count). The fourth-order valence-corrected chi connectivity index (χ4v) is 4.00. The summed E-state index contributed by atoms with van der Waals surface area (Å²) in [5.41, 5.74) is 0. The van der Waals surface area contributed by atoms with Gasteiger partial charge in [0.05, 0.1) is 6.61 Å². The third kappa shape index (κ3) is 9.06. The summed E-state index contributed by atoms with van der Waals surface area (Å²) in [6.07, 6.45) is 11.7. The monoisotopic (exact) mass is 404 g/mol. The Bertz CT molecular complexity index is 378. The van der Waals surface area contributed by atoms with Crippen molar-refractivity contribution in [3.05, 3.63) is 0 Å². The first-order valence-electron chi connectivity index (χ1n) is 11.5. The molecule has 5 atom stereocenters. The molecule has 0 aromatic carbocycles. The van der Waals surface area contributed by atoms with Crippen molar-refractivity contribution in [2.45, 2.75) is 133 Å². The van der Waals surface area contributed by atoms with Gasteiger partial charge in [-0.1, -0.05) is 90.4 Å². The molecule has 0 amide bonds. The lowest BCUT2D eigenvalue weighted by molar-refractivity contribution is -0.351. The number of rotatable bonds is 16. The van der Waals surface area contributed by atoms with Crippen molar-refractivity contribution < 1.29 is 30.3 Å². The van der Waals surface area contributed by atoms with E-state index in [1.807, 2.05) is 0 Å². The molecule has 168 valence electrons. The molecule has 0 aromatic rings. The molecule has 28 heavy (non-hydrogen) atoms. The highest BCUT2D eigenvalue weighted by atomic mass is 16.7. The predicted octanol–water partition coefficient (Wildman–Crippen LogP) is 3.02. The third-order valence-electron chi connectivity index (χ3n) is 5.94. The van der Waals surface area contributed by atoms with E-state index < -0.39 is 36.8 Å². The first kappa shape index (κ1) is 25.8. The summed E-state index contributed by atoms with van der Waals surface area (Å²) < 4.78 is 5.28. The molecule has 0 aromatic heterocycles. The summed E-state index contributed by atoms with van der Waals surface area (Å²) in [4.78, 5) is 0. The highest BCUT2D eigenvalue weighted by Crippen LogP contribution is 2.32. The Morgan fingerprint density at radius 1 is 0.679 bits per heavy atom. The first-order chi connectivity index (χ1) is 13.5. The standard InChI is InChI=1S/C22H44O6/c1-2-3-4-5-6-7-8-9-10-11-12-13-14-15-16-22(27)21(26)20(25)19(24)18(17-23)28-22/h18-21,23-27H,2-17H2,1H3/t18-,19+,20+,21-,22?/m1/s1. The summed E-state index contributed by atoms with van der Waals surface area (Å²) in [5, 5.41) is 49.3. The van der Waals surface area contributed by atoms with Crippen LogP contribution in [0.3, 0.4) is 0 Å². The SMILES string of the molecule is CCCCCCCCCCCCCCCCC1(O)O[C@H](CO)[C@H](O)[C@H](O)[C@H]1O. The highest BCUT2D eigenvalue weighted by molar-refractivity contribution is 4.95. The number of ether oxygens (including phenoxy) is 1. The third-order valence-corrected chi connectivity index (χ3v) is 5.94. The Morgan fingerprint density at radius 2 is 1.11 bits per heavy atom. The van der Waals surface area contributed by atoms with Crippen LogP contribution in [0.5, 0.6) is 0 Å². The zero-order valence-corrected chi connectivity index (χ0v) is 17.8. The lowest BCUT2D eigenvalue weighted by Gasteiger charge is -2.45. The summed E-state index contributed by atoms with van der Waals surface area (Å²) in [6, 6.07) is 0. The van der Waals surface area contributed by atoms with Crippen LogP contribution in [0.1, 0.15) is 103 Å². The second kappa shape index (κ2) is 14.7. The Morgan fingerprint density at radius 3 is 1.54 bits per heavy atom. The second-order valence-corrected chi connectivity index (χ2v) is 8.46. The molecule has 0 aliphatic carbocycles. The Balaban J connectivity index is 2.02. The van der Waals surface area contributed by atoms with Crippen LogP contribution in [-0.4, -0.2) is 62.3 Å². The molecule has 5 N–H and O–H groups in total. The van der Waals surface area contributed by atoms with Gasteiger partial charge in [-0.3, -0.25) is 0 Å². The van der Waals surface area contributed by atoms with E-state index in [0.29, 0.717) is 6.42 Å². The summed E-state index contributed by atoms with van der Waals surface area (Å²) in [6.45, 7) is 1.73. The number of hydrogen-bond acceptors (Lipinski definition) is 6. The molecule has 1 unspecified atom stereocenters. The minimum Gasteiger partial charge on any atom is -0.394 e. The fraction of sp³-hybridized carbons (Fsp3) is 1.00. The molecule has 1 fully saturated rings. The molecule has 1 aliphatic heterocycles. The topological polar surface area (TPSA) is 110 Å². The highest BCUT2D eigenvalue weighted by Gasteiger charge is 2.51. The maximum Gasteiger partial charge on any atom is 0.195 e. The van der Waals surface area contributed by atoms with E-state index in [1.165, 1.54) is 70.6 Å². The molecule has 6 heteroatoms. The van der Waals surface area contributed by atoms with Gasteiger partial charge in [-0.05, 0) is 6.42 Å². The van der Waals surface area contributed by atoms with Crippen LogP contribution in [0.25, 0.3) is 0 Å². The van der Waals surface area contributed by atoms with Gasteiger partial charge < -0.3 is 30.3 Å². The van der Waals surface area contributed by atoms with Gasteiger partial charge in [0.2, 0.25) is 0 Å². The van der Waals surface area contributed by atoms with Crippen molar-refractivity contribution in [2.75, 3.05) is 6.61 Å². The Labute approximate surface area is 170 Å². The molecule has 0 radical (unpaired) electrons. The minimum atomic E-state index is -1.91. The van der Waals surface area contributed by atoms with E-state index in [2.05, 4.69) is 6.92 Å². The smallest absolute Gasteiger partial charge is 0.195 e. The maximum atomic E-state index is 10.5. The van der Waals surface area contributed by atoms with E-state index in [4.69, 9.17) is 4.74 Å². The zero-order valence-electron chi connectivity index (χ0n) is 17.8. The van der Waals surface area contributed by atoms with Crippen LogP contribution in [0, 0.1) is 0 Å². The van der Waals surface area contributed by atoms with Crippen LogP contribution in [0.15, 0.2) is 0 Å². The van der Waals surface area contributed by atoms with E-state index in [-0.39, 0.29) is 6.42 Å². The Hall–Kier alpha value is -0.240. The molecular formula is C22H44O6. The largest absolute Gasteiger partial charge is 0.394 e. The van der Waals surface area contributed by atoms with Crippen LogP contribution in [-0.2, 0) is 4.74 Å². The average Bonchev–Trinajstić information content (AvgIpc) is 2.69. The number of hydrogen-bond donors (Lipinski definition) is 5. The van der Waals surface area contributed by atoms with Crippen molar-refractivity contribution in [3.8, 4) is 0 Å². The van der Waals surface area contributed by atoms with Crippen LogP contribution in [0.4, 0.5) is 0 Å². The van der Waals surface area contributed by atoms with Crippen molar-refractivity contribution in [1.82, 2.24) is 0 Å². The van der Waals surface area contributed by atoms with Gasteiger partial charge in [0.25, 0.3) is 0 Å². The molecule has 0 bridgehead atoms. The number of aliphatic hydroxyl groups excluding tert-OH is 4. The van der Waals surface area contributed by atoms with E-state index in [9.17, 15) is 25.5 Å². The molecule has 1 heterocycles. The van der Waals surface area contributed by atoms with Crippen LogP contribution < -0.4 is 0 Å². The lowest BCUT2D eigenvalue weighted by atomic mass is 9.89. The summed E-state index contributed by atoms with van der Waals surface area (Å²) in [5.74, 6) is -1.91. The van der Waals surface area contributed by atoms with Crippen LogP contribution >= 0.6 is 0 Å². The lowest BCUT2D eigenvalue weighted by Crippen LogP contribution is -2.65. The number of unbranched alkanes of at least 4 members (excludes halogenated alkanes) is 13. The molecular weight excluding hydrogens is 360 g/mol. The van der Waals surface area contributed by atoms with E-state index >= 15 is 0 Å². The van der Waals surface area contributed by atoms with Gasteiger partial charge in [0.15, 0.2) is 5.79 Å². The molecule has 0 saturated carbocycles. The van der Waals surface area contributed by atoms with Crippen LogP contribution in [0.2, 0.25) is 0 Å². The normalized spacial score (nSPS) is 30.6. The van der Waals surface area contributed by atoms with Gasteiger partial charge in [0, 0.05) is 6.42 Å². The van der Waals surface area contributed by atoms with E-state index in [0.717, 1.165) is 12.8 Å². The van der Waals surface area contributed by atoms with E-state index in [1.54, 1.807) is 0 Å². The summed E-state index contributed by atoms with van der Waals surface area (Å²) in [7, 11) is 0. The quantitative estimate of drug-likeness (QED) is 0.253. The van der Waals surface area contributed by atoms with Gasteiger partial charge >= 0.3 is 0 Å². The van der Waals surface area contributed by atoms with Gasteiger partial charge in [0.1, 0.15) is 24.4 Å². The fourth-order valence-electron chi connectivity index (χ4n) is 4.00. The molecule has 1 saturated heterocycles. The van der Waals surface area contributed by atoms with Crippen molar-refractivity contribution in [3.63, 3.8) is 0 Å². The number of aliphatic hydroxyl groups is 5. The summed E-state index contributed by atoms with van der Waals surface area (Å²) >= 11 is 0. The Kier molecular flexibility index (Phi) is 13.5. The van der Waals surface area contributed by atoms with Crippen molar-refractivity contribution in [1.29, 1.82) is 0 Å². The van der Waals surface area contributed by atoms with Gasteiger partial charge in [-0.25, -0.2) is 0 Å². The zero-order chi connectivity index (χ0) is 20.8. The average molecular weight is 405 g/mol. The first-order valence-corrected chi connectivity index (χ1v) is 11.5.